The van der Waals surface area contributed by atoms with Gasteiger partial charge in [-0.2, -0.15) is 0 Å². The molecule has 2 aromatic rings. The predicted molar refractivity (Wildman–Crippen MR) is 86.6 cm³/mol. The first kappa shape index (κ1) is 17.2. The number of aliphatic imine (C=N–C) groups is 1. The predicted octanol–water partition coefficient (Wildman–Crippen LogP) is 3.23. The molecule has 1 aliphatic heterocycles. The molecule has 0 atom stereocenters. The molecule has 26 heavy (non-hydrogen) atoms. The molecule has 3 rings (SSSR count). The maximum atomic E-state index is 13.7. The number of benzene rings is 2. The highest BCUT2D eigenvalue weighted by atomic mass is 19.1. The van der Waals surface area contributed by atoms with Gasteiger partial charge < -0.3 is 9.47 Å². The molecule has 0 radical (unpaired) electrons. The third-order valence-electron chi connectivity index (χ3n) is 3.50. The SMILES string of the molecule is COc1ccc(C2=N/C(=C\c3ccc(F)cc3F)C(=O)O2)cc1[N+](=O)[O-]. The smallest absolute Gasteiger partial charge is 0.363 e. The third-order valence-corrected chi connectivity index (χ3v) is 3.50. The van der Waals surface area contributed by atoms with Gasteiger partial charge in [0.2, 0.25) is 5.90 Å². The monoisotopic (exact) mass is 360 g/mol. The highest BCUT2D eigenvalue weighted by Gasteiger charge is 2.27. The normalized spacial score (nSPS) is 15.0. The summed E-state index contributed by atoms with van der Waals surface area (Å²) in [6, 6.07) is 6.77. The first-order valence-electron chi connectivity index (χ1n) is 7.19. The summed E-state index contributed by atoms with van der Waals surface area (Å²) in [6.45, 7) is 0. The number of esters is 1. The van der Waals surface area contributed by atoms with E-state index in [-0.39, 0.29) is 34.2 Å². The van der Waals surface area contributed by atoms with Crippen LogP contribution in [0.1, 0.15) is 11.1 Å². The van der Waals surface area contributed by atoms with Crippen molar-refractivity contribution in [2.45, 2.75) is 0 Å². The summed E-state index contributed by atoms with van der Waals surface area (Å²) in [7, 11) is 1.28. The molecular weight excluding hydrogens is 350 g/mol. The Morgan fingerprint density at radius 3 is 2.65 bits per heavy atom. The molecule has 0 aromatic heterocycles. The van der Waals surface area contributed by atoms with Crippen LogP contribution >= 0.6 is 0 Å². The minimum absolute atomic E-state index is 0.0350. The number of methoxy groups -OCH3 is 1. The van der Waals surface area contributed by atoms with Crippen molar-refractivity contribution in [3.8, 4) is 5.75 Å². The van der Waals surface area contributed by atoms with Gasteiger partial charge in [-0.05, 0) is 30.3 Å². The highest BCUT2D eigenvalue weighted by Crippen LogP contribution is 2.29. The minimum atomic E-state index is -0.867. The molecule has 0 saturated heterocycles. The fourth-order valence-corrected chi connectivity index (χ4v) is 2.26. The van der Waals surface area contributed by atoms with E-state index in [9.17, 15) is 23.7 Å². The first-order chi connectivity index (χ1) is 12.4. The van der Waals surface area contributed by atoms with Crippen LogP contribution in [-0.4, -0.2) is 23.9 Å². The van der Waals surface area contributed by atoms with E-state index in [1.54, 1.807) is 0 Å². The first-order valence-corrected chi connectivity index (χ1v) is 7.19. The van der Waals surface area contributed by atoms with Gasteiger partial charge in [0.05, 0.1) is 12.0 Å². The molecule has 9 heteroatoms. The number of nitrogens with zero attached hydrogens (tertiary/aromatic N) is 2. The average Bonchev–Trinajstić information content (AvgIpc) is 2.97. The van der Waals surface area contributed by atoms with Crippen LogP contribution in [-0.2, 0) is 9.53 Å². The Morgan fingerprint density at radius 1 is 1.23 bits per heavy atom. The van der Waals surface area contributed by atoms with Crippen molar-refractivity contribution in [1.29, 1.82) is 0 Å². The van der Waals surface area contributed by atoms with Crippen LogP contribution in [0.15, 0.2) is 47.1 Å². The van der Waals surface area contributed by atoms with E-state index in [1.165, 1.54) is 19.2 Å². The van der Waals surface area contributed by atoms with E-state index in [0.29, 0.717) is 6.07 Å². The molecular formula is C17H10F2N2O5. The van der Waals surface area contributed by atoms with Crippen LogP contribution in [0.5, 0.6) is 5.75 Å². The fraction of sp³-hybridized carbons (Fsp3) is 0.0588. The number of carbonyl (C=O) groups excluding carboxylic acids is 1. The van der Waals surface area contributed by atoms with Crippen LogP contribution in [0, 0.1) is 21.7 Å². The lowest BCUT2D eigenvalue weighted by molar-refractivity contribution is -0.385. The molecule has 0 unspecified atom stereocenters. The molecule has 2 aromatic carbocycles. The lowest BCUT2D eigenvalue weighted by atomic mass is 10.1. The zero-order valence-electron chi connectivity index (χ0n) is 13.2. The summed E-state index contributed by atoms with van der Waals surface area (Å²) in [5, 5.41) is 11.1. The topological polar surface area (TPSA) is 91.0 Å². The Balaban J connectivity index is 1.99. The van der Waals surface area contributed by atoms with Gasteiger partial charge in [-0.3, -0.25) is 10.1 Å². The molecule has 1 aliphatic rings. The fourth-order valence-electron chi connectivity index (χ4n) is 2.26. The molecule has 0 aliphatic carbocycles. The summed E-state index contributed by atoms with van der Waals surface area (Å²) in [5.74, 6) is -2.62. The van der Waals surface area contributed by atoms with Gasteiger partial charge in [0.25, 0.3) is 0 Å². The number of halogens is 2. The maximum absolute atomic E-state index is 13.7. The molecule has 0 spiro atoms. The van der Waals surface area contributed by atoms with E-state index < -0.39 is 22.5 Å². The third kappa shape index (κ3) is 3.27. The van der Waals surface area contributed by atoms with Crippen molar-refractivity contribution >= 4 is 23.6 Å². The van der Waals surface area contributed by atoms with E-state index in [0.717, 1.165) is 24.3 Å². The van der Waals surface area contributed by atoms with E-state index in [1.807, 2.05) is 0 Å². The van der Waals surface area contributed by atoms with Crippen molar-refractivity contribution in [2.75, 3.05) is 7.11 Å². The number of nitro groups is 1. The summed E-state index contributed by atoms with van der Waals surface area (Å²) in [5.41, 5.74) is -0.423. The number of hydrogen-bond donors (Lipinski definition) is 0. The molecule has 7 nitrogen and oxygen atoms in total. The number of ether oxygens (including phenoxy) is 2. The number of rotatable bonds is 4. The zero-order valence-corrected chi connectivity index (χ0v) is 13.2. The van der Waals surface area contributed by atoms with Gasteiger partial charge in [0, 0.05) is 23.3 Å². The second-order valence-corrected chi connectivity index (χ2v) is 5.15. The molecule has 0 saturated carbocycles. The van der Waals surface area contributed by atoms with Crippen molar-refractivity contribution in [3.63, 3.8) is 0 Å². The lowest BCUT2D eigenvalue weighted by Gasteiger charge is -2.03. The van der Waals surface area contributed by atoms with Crippen molar-refractivity contribution in [1.82, 2.24) is 0 Å². The van der Waals surface area contributed by atoms with Crippen LogP contribution < -0.4 is 4.74 Å². The van der Waals surface area contributed by atoms with Gasteiger partial charge in [-0.15, -0.1) is 0 Å². The highest BCUT2D eigenvalue weighted by molar-refractivity contribution is 6.13. The second-order valence-electron chi connectivity index (χ2n) is 5.15. The number of nitro benzene ring substituents is 1. The van der Waals surface area contributed by atoms with Crippen LogP contribution in [0.25, 0.3) is 6.08 Å². The minimum Gasteiger partial charge on any atom is -0.490 e. The van der Waals surface area contributed by atoms with Crippen molar-refractivity contribution in [3.05, 3.63) is 75.0 Å². The van der Waals surface area contributed by atoms with E-state index >= 15 is 0 Å². The lowest BCUT2D eigenvalue weighted by Crippen LogP contribution is -2.06. The Hall–Kier alpha value is -3.62. The van der Waals surface area contributed by atoms with Crippen LogP contribution in [0.2, 0.25) is 0 Å². The molecule has 0 amide bonds. The van der Waals surface area contributed by atoms with Gasteiger partial charge >= 0.3 is 11.7 Å². The summed E-state index contributed by atoms with van der Waals surface area (Å²) in [4.78, 5) is 26.3. The Bertz CT molecular complexity index is 985. The average molecular weight is 360 g/mol. The standard InChI is InChI=1S/C17H10F2N2O5/c1-25-15-5-3-10(7-14(15)21(23)24)16-20-13(17(22)26-16)6-9-2-4-11(18)8-12(9)19/h2-8H,1H3/b13-6-. The quantitative estimate of drug-likeness (QED) is 0.361. The number of hydrogen-bond acceptors (Lipinski definition) is 6. The molecule has 1 heterocycles. The zero-order chi connectivity index (χ0) is 18.8. The molecule has 0 N–H and O–H groups in total. The van der Waals surface area contributed by atoms with Gasteiger partial charge in [-0.25, -0.2) is 18.6 Å². The number of carbonyl (C=O) groups is 1. The largest absolute Gasteiger partial charge is 0.490 e. The van der Waals surface area contributed by atoms with Crippen LogP contribution in [0.3, 0.4) is 0 Å². The second kappa shape index (κ2) is 6.71. The maximum Gasteiger partial charge on any atom is 0.363 e. The van der Waals surface area contributed by atoms with E-state index in [4.69, 9.17) is 9.47 Å². The Kier molecular flexibility index (Phi) is 4.44. The Morgan fingerprint density at radius 2 is 2.00 bits per heavy atom. The molecule has 0 bridgehead atoms. The van der Waals surface area contributed by atoms with Gasteiger partial charge in [0.15, 0.2) is 11.4 Å². The summed E-state index contributed by atoms with van der Waals surface area (Å²) < 4.78 is 36.5. The Labute approximate surface area is 145 Å². The summed E-state index contributed by atoms with van der Waals surface area (Å²) in [6.07, 6.45) is 1.10. The van der Waals surface area contributed by atoms with Gasteiger partial charge in [0.1, 0.15) is 11.6 Å². The molecule has 132 valence electrons. The van der Waals surface area contributed by atoms with Crippen molar-refractivity contribution < 1.29 is 28.0 Å². The van der Waals surface area contributed by atoms with Gasteiger partial charge in [-0.1, -0.05) is 0 Å². The summed E-state index contributed by atoms with van der Waals surface area (Å²) >= 11 is 0. The number of cyclic esters (lactones) is 1. The molecule has 0 fully saturated rings. The van der Waals surface area contributed by atoms with E-state index in [2.05, 4.69) is 4.99 Å². The van der Waals surface area contributed by atoms with Crippen LogP contribution in [0.4, 0.5) is 14.5 Å². The van der Waals surface area contributed by atoms with Crippen molar-refractivity contribution in [2.24, 2.45) is 4.99 Å².